The van der Waals surface area contributed by atoms with Crippen LogP contribution in [0.1, 0.15) is 52.4 Å². The first-order chi connectivity index (χ1) is 14.7. The third kappa shape index (κ3) is 4.07. The SMILES string of the molecule is Cc1nn(-c2cc(N3CCN(CCO)CC3)c(C(N)=O)cn2)c2c1C(=O)CC(C)(C)C2. The number of rotatable bonds is 5. The lowest BCUT2D eigenvalue weighted by molar-refractivity contribution is 0.0909. The van der Waals surface area contributed by atoms with Gasteiger partial charge in [-0.15, -0.1) is 0 Å². The molecule has 0 atom stereocenters. The minimum Gasteiger partial charge on any atom is -0.395 e. The summed E-state index contributed by atoms with van der Waals surface area (Å²) in [4.78, 5) is 33.6. The zero-order valence-electron chi connectivity index (χ0n) is 18.4. The number of anilines is 1. The monoisotopic (exact) mass is 426 g/mol. The molecule has 9 heteroatoms. The summed E-state index contributed by atoms with van der Waals surface area (Å²) in [6.45, 7) is 9.79. The lowest BCUT2D eigenvalue weighted by Gasteiger charge is -2.36. The Morgan fingerprint density at radius 1 is 1.23 bits per heavy atom. The van der Waals surface area contributed by atoms with Gasteiger partial charge in [0.05, 0.1) is 34.8 Å². The Hall–Kier alpha value is -2.78. The molecule has 2 aliphatic rings. The van der Waals surface area contributed by atoms with Gasteiger partial charge in [0, 0.05) is 51.4 Å². The molecule has 0 aromatic carbocycles. The molecule has 0 spiro atoms. The predicted octanol–water partition coefficient (Wildman–Crippen LogP) is 0.944. The number of carbonyl (C=O) groups is 2. The third-order valence-electron chi connectivity index (χ3n) is 6.20. The molecule has 1 amide bonds. The number of hydrogen-bond donors (Lipinski definition) is 2. The number of primary amides is 1. The largest absolute Gasteiger partial charge is 0.395 e. The molecular formula is C22H30N6O3. The van der Waals surface area contributed by atoms with Crippen LogP contribution in [0.25, 0.3) is 5.82 Å². The fraction of sp³-hybridized carbons (Fsp3) is 0.545. The molecule has 0 radical (unpaired) electrons. The molecule has 9 nitrogen and oxygen atoms in total. The topological polar surface area (TPSA) is 118 Å². The summed E-state index contributed by atoms with van der Waals surface area (Å²) in [6.07, 6.45) is 2.74. The molecule has 1 aliphatic heterocycles. The zero-order chi connectivity index (χ0) is 22.3. The number of aliphatic hydroxyl groups is 1. The van der Waals surface area contributed by atoms with Crippen molar-refractivity contribution in [3.63, 3.8) is 0 Å². The van der Waals surface area contributed by atoms with Crippen LogP contribution in [-0.2, 0) is 6.42 Å². The summed E-state index contributed by atoms with van der Waals surface area (Å²) in [5, 5.41) is 13.8. The summed E-state index contributed by atoms with van der Waals surface area (Å²) in [5.41, 5.74) is 8.86. The highest BCUT2D eigenvalue weighted by molar-refractivity contribution is 6.00. The Morgan fingerprint density at radius 2 is 1.94 bits per heavy atom. The van der Waals surface area contributed by atoms with E-state index in [0.29, 0.717) is 48.7 Å². The number of ketones is 1. The molecule has 1 aliphatic carbocycles. The van der Waals surface area contributed by atoms with Crippen molar-refractivity contribution in [2.24, 2.45) is 11.1 Å². The van der Waals surface area contributed by atoms with Crippen LogP contribution >= 0.6 is 0 Å². The van der Waals surface area contributed by atoms with Crippen LogP contribution in [0.3, 0.4) is 0 Å². The van der Waals surface area contributed by atoms with Crippen LogP contribution in [0.2, 0.25) is 0 Å². The third-order valence-corrected chi connectivity index (χ3v) is 6.20. The standard InChI is InChI=1S/C22H30N6O3/c1-14-20-17(11-22(2,3)12-18(20)30)28(25-14)19-10-16(15(13-24-19)21(23)31)27-6-4-26(5-7-27)8-9-29/h10,13,29H,4-9,11-12H2,1-3H3,(H2,23,31). The lowest BCUT2D eigenvalue weighted by Crippen LogP contribution is -2.47. The van der Waals surface area contributed by atoms with Crippen molar-refractivity contribution in [2.75, 3.05) is 44.2 Å². The van der Waals surface area contributed by atoms with Gasteiger partial charge in [-0.05, 0) is 18.8 Å². The van der Waals surface area contributed by atoms with E-state index in [2.05, 4.69) is 33.7 Å². The number of carbonyl (C=O) groups excluding carboxylic acids is 2. The summed E-state index contributed by atoms with van der Waals surface area (Å²) in [7, 11) is 0. The van der Waals surface area contributed by atoms with Crippen molar-refractivity contribution in [3.05, 3.63) is 34.8 Å². The smallest absolute Gasteiger partial charge is 0.252 e. The highest BCUT2D eigenvalue weighted by Crippen LogP contribution is 2.37. The van der Waals surface area contributed by atoms with Gasteiger partial charge in [0.15, 0.2) is 11.6 Å². The number of fused-ring (bicyclic) bond motifs is 1. The van der Waals surface area contributed by atoms with Gasteiger partial charge in [-0.3, -0.25) is 14.5 Å². The summed E-state index contributed by atoms with van der Waals surface area (Å²) in [5.74, 6) is 0.165. The average molecular weight is 427 g/mol. The van der Waals surface area contributed by atoms with Crippen LogP contribution in [0, 0.1) is 12.3 Å². The molecule has 3 heterocycles. The second-order valence-electron chi connectivity index (χ2n) is 9.24. The molecule has 166 valence electrons. The lowest BCUT2D eigenvalue weighted by atomic mass is 9.75. The average Bonchev–Trinajstić information content (AvgIpc) is 3.03. The van der Waals surface area contributed by atoms with Gasteiger partial charge in [0.2, 0.25) is 0 Å². The number of hydrogen-bond acceptors (Lipinski definition) is 7. The molecule has 3 N–H and O–H groups in total. The van der Waals surface area contributed by atoms with E-state index < -0.39 is 5.91 Å². The minimum absolute atomic E-state index is 0.115. The first kappa shape index (κ1) is 21.5. The van der Waals surface area contributed by atoms with Crippen molar-refractivity contribution >= 4 is 17.4 Å². The first-order valence-electron chi connectivity index (χ1n) is 10.7. The number of nitrogens with two attached hydrogens (primary N) is 1. The van der Waals surface area contributed by atoms with Crippen molar-refractivity contribution < 1.29 is 14.7 Å². The van der Waals surface area contributed by atoms with Crippen LogP contribution in [-0.4, -0.2) is 75.8 Å². The summed E-state index contributed by atoms with van der Waals surface area (Å²) >= 11 is 0. The van der Waals surface area contributed by atoms with Crippen molar-refractivity contribution in [2.45, 2.75) is 33.6 Å². The van der Waals surface area contributed by atoms with Crippen molar-refractivity contribution in [3.8, 4) is 5.82 Å². The molecule has 0 saturated carbocycles. The van der Waals surface area contributed by atoms with E-state index in [9.17, 15) is 14.7 Å². The van der Waals surface area contributed by atoms with Crippen LogP contribution < -0.4 is 10.6 Å². The van der Waals surface area contributed by atoms with E-state index in [0.717, 1.165) is 30.9 Å². The number of aryl methyl sites for hydroxylation is 1. The number of Topliss-reactive ketones (excluding diaryl/α,β-unsaturated/α-hetero) is 1. The van der Waals surface area contributed by atoms with Gasteiger partial charge in [0.1, 0.15) is 0 Å². The molecule has 1 fully saturated rings. The van der Waals surface area contributed by atoms with E-state index in [1.54, 1.807) is 4.68 Å². The van der Waals surface area contributed by atoms with Gasteiger partial charge in [-0.25, -0.2) is 9.67 Å². The van der Waals surface area contributed by atoms with Gasteiger partial charge in [-0.2, -0.15) is 5.10 Å². The second kappa shape index (κ2) is 8.05. The Bertz CT molecular complexity index is 1020. The molecule has 1 saturated heterocycles. The number of aromatic nitrogens is 3. The molecule has 31 heavy (non-hydrogen) atoms. The number of piperazine rings is 1. The number of β-amino-alcohol motifs (C(OH)–C–C–N with tert-alkyl or cyclic N) is 1. The Morgan fingerprint density at radius 3 is 2.58 bits per heavy atom. The van der Waals surface area contributed by atoms with Gasteiger partial charge in [0.25, 0.3) is 5.91 Å². The Balaban J connectivity index is 1.74. The molecule has 2 aromatic rings. The number of nitrogens with zero attached hydrogens (tertiary/aromatic N) is 5. The Kier molecular flexibility index (Phi) is 5.57. The van der Waals surface area contributed by atoms with E-state index in [1.807, 2.05) is 13.0 Å². The number of pyridine rings is 1. The van der Waals surface area contributed by atoms with E-state index >= 15 is 0 Å². The maximum Gasteiger partial charge on any atom is 0.252 e. The van der Waals surface area contributed by atoms with Gasteiger partial charge in [-0.1, -0.05) is 13.8 Å². The Labute approximate surface area is 181 Å². The van der Waals surface area contributed by atoms with Crippen LogP contribution in [0.5, 0.6) is 0 Å². The predicted molar refractivity (Wildman–Crippen MR) is 117 cm³/mol. The normalized spacial score (nSPS) is 18.8. The second-order valence-corrected chi connectivity index (χ2v) is 9.24. The van der Waals surface area contributed by atoms with Gasteiger partial charge < -0.3 is 15.7 Å². The maximum absolute atomic E-state index is 12.7. The fourth-order valence-corrected chi connectivity index (χ4v) is 4.68. The minimum atomic E-state index is -0.526. The molecule has 0 unspecified atom stereocenters. The van der Waals surface area contributed by atoms with E-state index in [4.69, 9.17) is 5.73 Å². The van der Waals surface area contributed by atoms with Gasteiger partial charge >= 0.3 is 0 Å². The molecular weight excluding hydrogens is 396 g/mol. The number of aliphatic hydroxyl groups excluding tert-OH is 1. The van der Waals surface area contributed by atoms with Crippen molar-refractivity contribution in [1.82, 2.24) is 19.7 Å². The van der Waals surface area contributed by atoms with E-state index in [-0.39, 0.29) is 17.8 Å². The fourth-order valence-electron chi connectivity index (χ4n) is 4.68. The van der Waals surface area contributed by atoms with Crippen LogP contribution in [0.4, 0.5) is 5.69 Å². The molecule has 2 aromatic heterocycles. The molecule has 4 rings (SSSR count). The van der Waals surface area contributed by atoms with E-state index in [1.165, 1.54) is 6.20 Å². The molecule has 0 bridgehead atoms. The zero-order valence-corrected chi connectivity index (χ0v) is 18.4. The maximum atomic E-state index is 12.7. The first-order valence-corrected chi connectivity index (χ1v) is 10.7. The van der Waals surface area contributed by atoms with Crippen molar-refractivity contribution in [1.29, 1.82) is 0 Å². The highest BCUT2D eigenvalue weighted by Gasteiger charge is 2.36. The summed E-state index contributed by atoms with van der Waals surface area (Å²) in [6, 6.07) is 1.85. The summed E-state index contributed by atoms with van der Waals surface area (Å²) < 4.78 is 1.75. The van der Waals surface area contributed by atoms with Crippen LogP contribution in [0.15, 0.2) is 12.3 Å². The quantitative estimate of drug-likeness (QED) is 0.731. The highest BCUT2D eigenvalue weighted by atomic mass is 16.3. The number of amides is 1.